The molecule has 1 heterocycles. The molecule has 3 rings (SSSR count). The lowest BCUT2D eigenvalue weighted by Gasteiger charge is -2.18. The molecule has 0 saturated heterocycles. The van der Waals surface area contributed by atoms with E-state index in [9.17, 15) is 4.79 Å². The Morgan fingerprint density at radius 1 is 1.07 bits per heavy atom. The summed E-state index contributed by atoms with van der Waals surface area (Å²) in [4.78, 5) is 12.0. The molecule has 0 unspecified atom stereocenters. The second-order valence-electron chi connectivity index (χ2n) is 6.75. The molecule has 0 atom stereocenters. The molecule has 0 bridgehead atoms. The number of carbonyl (C=O) groups is 1. The maximum atomic E-state index is 12.0. The van der Waals surface area contributed by atoms with Gasteiger partial charge in [-0.1, -0.05) is 24.3 Å². The van der Waals surface area contributed by atoms with Gasteiger partial charge in [-0.25, -0.2) is 0 Å². The van der Waals surface area contributed by atoms with Crippen molar-refractivity contribution in [3.05, 3.63) is 53.1 Å². The first-order valence-corrected chi connectivity index (χ1v) is 9.48. The van der Waals surface area contributed by atoms with Crippen molar-refractivity contribution < 1.29 is 19.0 Å². The van der Waals surface area contributed by atoms with Crippen LogP contribution in [0.2, 0.25) is 0 Å². The third kappa shape index (κ3) is 5.39. The smallest absolute Gasteiger partial charge is 0.220 e. The largest absolute Gasteiger partial charge is 0.493 e. The molecule has 1 aliphatic rings. The minimum Gasteiger partial charge on any atom is -0.493 e. The van der Waals surface area contributed by atoms with Crippen molar-refractivity contribution in [1.29, 1.82) is 0 Å². The van der Waals surface area contributed by atoms with E-state index in [1.54, 1.807) is 0 Å². The van der Waals surface area contributed by atoms with Crippen molar-refractivity contribution in [2.24, 2.45) is 0 Å². The number of hydrogen-bond acceptors (Lipinski definition) is 4. The van der Waals surface area contributed by atoms with E-state index in [0.717, 1.165) is 40.4 Å². The van der Waals surface area contributed by atoms with Gasteiger partial charge in [-0.15, -0.1) is 0 Å². The highest BCUT2D eigenvalue weighted by atomic mass is 16.6. The van der Waals surface area contributed by atoms with Crippen molar-refractivity contribution in [1.82, 2.24) is 5.32 Å². The van der Waals surface area contributed by atoms with Gasteiger partial charge in [0.1, 0.15) is 19.0 Å². The minimum atomic E-state index is 0.0534. The summed E-state index contributed by atoms with van der Waals surface area (Å²) in [7, 11) is 0. The lowest BCUT2D eigenvalue weighted by molar-refractivity contribution is -0.121. The first-order valence-electron chi connectivity index (χ1n) is 9.48. The van der Waals surface area contributed by atoms with Crippen molar-refractivity contribution in [2.75, 3.05) is 26.4 Å². The SMILES string of the molecule is Cc1cccc(C)c1OCCCC(=O)NCCc1ccc2c(c1)OCCO2. The van der Waals surface area contributed by atoms with E-state index in [0.29, 0.717) is 39.2 Å². The Bertz CT molecular complexity index is 768. The first kappa shape index (κ1) is 19.1. The molecular weight excluding hydrogens is 342 g/mol. The molecule has 2 aromatic rings. The first-order chi connectivity index (χ1) is 13.1. The number of amides is 1. The van der Waals surface area contributed by atoms with Gasteiger partial charge in [0.2, 0.25) is 5.91 Å². The fourth-order valence-corrected chi connectivity index (χ4v) is 3.11. The van der Waals surface area contributed by atoms with Crippen LogP contribution in [0.1, 0.15) is 29.5 Å². The maximum Gasteiger partial charge on any atom is 0.220 e. The van der Waals surface area contributed by atoms with E-state index >= 15 is 0 Å². The Hall–Kier alpha value is -2.69. The lowest BCUT2D eigenvalue weighted by Crippen LogP contribution is -2.26. The van der Waals surface area contributed by atoms with Crippen LogP contribution in [0.5, 0.6) is 17.2 Å². The fraction of sp³-hybridized carbons (Fsp3) is 0.409. The molecular formula is C22H27NO4. The average Bonchev–Trinajstić information content (AvgIpc) is 2.67. The number of carbonyl (C=O) groups excluding carboxylic acids is 1. The summed E-state index contributed by atoms with van der Waals surface area (Å²) in [5.41, 5.74) is 3.37. The summed E-state index contributed by atoms with van der Waals surface area (Å²) < 4.78 is 16.9. The predicted molar refractivity (Wildman–Crippen MR) is 105 cm³/mol. The zero-order valence-electron chi connectivity index (χ0n) is 16.0. The van der Waals surface area contributed by atoms with E-state index in [-0.39, 0.29) is 5.91 Å². The zero-order valence-corrected chi connectivity index (χ0v) is 16.0. The van der Waals surface area contributed by atoms with Crippen molar-refractivity contribution in [3.63, 3.8) is 0 Å². The standard InChI is InChI=1S/C22H27NO4/c1-16-5-3-6-17(2)22(16)27-12-4-7-21(24)23-11-10-18-8-9-19-20(15-18)26-14-13-25-19/h3,5-6,8-9,15H,4,7,10-14H2,1-2H3,(H,23,24). The van der Waals surface area contributed by atoms with Crippen LogP contribution in [0.25, 0.3) is 0 Å². The number of ether oxygens (including phenoxy) is 3. The summed E-state index contributed by atoms with van der Waals surface area (Å²) in [6, 6.07) is 12.0. The Labute approximate surface area is 160 Å². The molecule has 5 nitrogen and oxygen atoms in total. The van der Waals surface area contributed by atoms with Crippen LogP contribution in [0, 0.1) is 13.8 Å². The van der Waals surface area contributed by atoms with E-state index in [4.69, 9.17) is 14.2 Å². The van der Waals surface area contributed by atoms with Crippen LogP contribution >= 0.6 is 0 Å². The molecule has 27 heavy (non-hydrogen) atoms. The number of fused-ring (bicyclic) bond motifs is 1. The average molecular weight is 369 g/mol. The van der Waals surface area contributed by atoms with Crippen molar-refractivity contribution in [3.8, 4) is 17.2 Å². The molecule has 0 radical (unpaired) electrons. The van der Waals surface area contributed by atoms with Gasteiger partial charge in [-0.05, 0) is 55.5 Å². The van der Waals surface area contributed by atoms with Crippen LogP contribution in [0.4, 0.5) is 0 Å². The molecule has 2 aromatic carbocycles. The van der Waals surface area contributed by atoms with Gasteiger partial charge in [0, 0.05) is 13.0 Å². The number of rotatable bonds is 8. The van der Waals surface area contributed by atoms with Crippen LogP contribution in [-0.2, 0) is 11.2 Å². The molecule has 0 saturated carbocycles. The van der Waals surface area contributed by atoms with E-state index < -0.39 is 0 Å². The Morgan fingerprint density at radius 2 is 1.81 bits per heavy atom. The number of nitrogens with one attached hydrogen (secondary N) is 1. The van der Waals surface area contributed by atoms with E-state index in [2.05, 4.69) is 5.32 Å². The summed E-state index contributed by atoms with van der Waals surface area (Å²) in [6.07, 6.45) is 1.93. The highest BCUT2D eigenvalue weighted by Gasteiger charge is 2.11. The molecule has 1 amide bonds. The number of hydrogen-bond donors (Lipinski definition) is 1. The molecule has 1 aliphatic heterocycles. The third-order valence-electron chi connectivity index (χ3n) is 4.55. The monoisotopic (exact) mass is 369 g/mol. The molecule has 5 heteroatoms. The van der Waals surface area contributed by atoms with Gasteiger partial charge in [-0.3, -0.25) is 4.79 Å². The molecule has 0 aromatic heterocycles. The molecule has 0 spiro atoms. The van der Waals surface area contributed by atoms with E-state index in [1.807, 2.05) is 50.2 Å². The van der Waals surface area contributed by atoms with Gasteiger partial charge < -0.3 is 19.5 Å². The van der Waals surface area contributed by atoms with Gasteiger partial charge in [0.25, 0.3) is 0 Å². The second kappa shape index (κ2) is 9.31. The number of benzene rings is 2. The van der Waals surface area contributed by atoms with Crippen LogP contribution in [-0.4, -0.2) is 32.3 Å². The van der Waals surface area contributed by atoms with Gasteiger partial charge in [0.15, 0.2) is 11.5 Å². The van der Waals surface area contributed by atoms with Crippen LogP contribution < -0.4 is 19.5 Å². The normalized spacial score (nSPS) is 12.5. The highest BCUT2D eigenvalue weighted by molar-refractivity contribution is 5.75. The van der Waals surface area contributed by atoms with Gasteiger partial charge >= 0.3 is 0 Å². The second-order valence-corrected chi connectivity index (χ2v) is 6.75. The third-order valence-corrected chi connectivity index (χ3v) is 4.55. The Morgan fingerprint density at radius 3 is 2.59 bits per heavy atom. The highest BCUT2D eigenvalue weighted by Crippen LogP contribution is 2.30. The number of aryl methyl sites for hydroxylation is 2. The Kier molecular flexibility index (Phi) is 6.58. The summed E-state index contributed by atoms with van der Waals surface area (Å²) in [5, 5.41) is 2.97. The molecule has 0 aliphatic carbocycles. The Balaban J connectivity index is 1.34. The fourth-order valence-electron chi connectivity index (χ4n) is 3.11. The minimum absolute atomic E-state index is 0.0534. The van der Waals surface area contributed by atoms with Gasteiger partial charge in [0.05, 0.1) is 6.61 Å². The molecule has 144 valence electrons. The van der Waals surface area contributed by atoms with E-state index in [1.165, 1.54) is 0 Å². The predicted octanol–water partition coefficient (Wildman–Crippen LogP) is 3.59. The molecule has 1 N–H and O–H groups in total. The summed E-state index contributed by atoms with van der Waals surface area (Å²) in [5.74, 6) is 2.56. The van der Waals surface area contributed by atoms with Crippen molar-refractivity contribution in [2.45, 2.75) is 33.1 Å². The summed E-state index contributed by atoms with van der Waals surface area (Å²) in [6.45, 7) is 6.39. The lowest BCUT2D eigenvalue weighted by atomic mass is 10.1. The maximum absolute atomic E-state index is 12.0. The van der Waals surface area contributed by atoms with Crippen molar-refractivity contribution >= 4 is 5.91 Å². The quantitative estimate of drug-likeness (QED) is 0.723. The molecule has 0 fully saturated rings. The number of para-hydroxylation sites is 1. The van der Waals surface area contributed by atoms with Gasteiger partial charge in [-0.2, -0.15) is 0 Å². The summed E-state index contributed by atoms with van der Waals surface area (Å²) >= 11 is 0. The van der Waals surface area contributed by atoms with Crippen LogP contribution in [0.3, 0.4) is 0 Å². The topological polar surface area (TPSA) is 56.8 Å². The zero-order chi connectivity index (χ0) is 19.1. The van der Waals surface area contributed by atoms with Crippen LogP contribution in [0.15, 0.2) is 36.4 Å².